The Labute approximate surface area is 145 Å². The number of ether oxygens (including phenoxy) is 1. The molecule has 0 amide bonds. The van der Waals surface area contributed by atoms with Crippen LogP contribution in [0.5, 0.6) is 0 Å². The number of aromatic nitrogens is 2. The molecular formula is C15H12ClN3O2S2. The summed E-state index contributed by atoms with van der Waals surface area (Å²) in [6, 6.07) is 10.0. The topological polar surface area (TPSA) is 64.1 Å². The molecule has 0 radical (unpaired) electrons. The van der Waals surface area contributed by atoms with Crippen molar-refractivity contribution in [3.63, 3.8) is 0 Å². The molecule has 5 nitrogen and oxygen atoms in total. The molecule has 0 bridgehead atoms. The lowest BCUT2D eigenvalue weighted by Crippen LogP contribution is -1.99. The fourth-order valence-electron chi connectivity index (χ4n) is 1.86. The highest BCUT2D eigenvalue weighted by Crippen LogP contribution is 2.28. The third kappa shape index (κ3) is 3.69. The van der Waals surface area contributed by atoms with Gasteiger partial charge in [0.25, 0.3) is 0 Å². The van der Waals surface area contributed by atoms with Gasteiger partial charge in [0, 0.05) is 10.9 Å². The first-order valence-corrected chi connectivity index (χ1v) is 8.73. The molecule has 1 aromatic carbocycles. The number of benzene rings is 1. The third-order valence-electron chi connectivity index (χ3n) is 2.95. The van der Waals surface area contributed by atoms with Gasteiger partial charge in [-0.2, -0.15) is 0 Å². The number of anilines is 1. The van der Waals surface area contributed by atoms with Gasteiger partial charge in [0.15, 0.2) is 15.2 Å². The monoisotopic (exact) mass is 365 g/mol. The largest absolute Gasteiger partial charge is 0.465 e. The summed E-state index contributed by atoms with van der Waals surface area (Å²) >= 11 is 8.68. The van der Waals surface area contributed by atoms with Crippen LogP contribution in [0.4, 0.5) is 5.13 Å². The smallest absolute Gasteiger partial charge is 0.351 e. The highest BCUT2D eigenvalue weighted by Gasteiger charge is 2.17. The molecule has 0 aliphatic rings. The van der Waals surface area contributed by atoms with E-state index in [2.05, 4.69) is 20.0 Å². The lowest BCUT2D eigenvalue weighted by Gasteiger charge is -1.98. The molecule has 2 aromatic heterocycles. The number of rotatable bonds is 5. The minimum Gasteiger partial charge on any atom is -0.465 e. The van der Waals surface area contributed by atoms with Crippen molar-refractivity contribution in [2.75, 3.05) is 12.4 Å². The summed E-state index contributed by atoms with van der Waals surface area (Å²) in [5.74, 6) is -0.486. The Balaban J connectivity index is 1.67. The van der Waals surface area contributed by atoms with Crippen molar-refractivity contribution in [2.45, 2.75) is 6.54 Å². The predicted octanol–water partition coefficient (Wildman–Crippen LogP) is 4.32. The van der Waals surface area contributed by atoms with E-state index in [0.29, 0.717) is 16.6 Å². The number of hydrogen-bond acceptors (Lipinski definition) is 7. The van der Waals surface area contributed by atoms with E-state index in [-0.39, 0.29) is 5.15 Å². The molecule has 0 atom stereocenters. The average molecular weight is 366 g/mol. The number of hydrogen-bond donors (Lipinski definition) is 1. The fourth-order valence-corrected chi connectivity index (χ4v) is 3.79. The summed E-state index contributed by atoms with van der Waals surface area (Å²) in [6.45, 7) is 0.508. The zero-order valence-electron chi connectivity index (χ0n) is 12.1. The van der Waals surface area contributed by atoms with E-state index in [1.54, 1.807) is 11.3 Å². The number of carbonyl (C=O) groups excluding carboxylic acids is 1. The van der Waals surface area contributed by atoms with Crippen LogP contribution in [0, 0.1) is 0 Å². The van der Waals surface area contributed by atoms with Crippen molar-refractivity contribution >= 4 is 45.4 Å². The van der Waals surface area contributed by atoms with Crippen LogP contribution in [0.15, 0.2) is 35.7 Å². The van der Waals surface area contributed by atoms with Gasteiger partial charge < -0.3 is 10.1 Å². The normalized spacial score (nSPS) is 10.5. The molecule has 0 saturated carbocycles. The van der Waals surface area contributed by atoms with Crippen LogP contribution in [0.25, 0.3) is 10.6 Å². The first-order valence-electron chi connectivity index (χ1n) is 6.65. The van der Waals surface area contributed by atoms with E-state index < -0.39 is 5.97 Å². The number of carbonyl (C=O) groups is 1. The summed E-state index contributed by atoms with van der Waals surface area (Å²) in [5.41, 5.74) is 1.99. The van der Waals surface area contributed by atoms with E-state index in [9.17, 15) is 4.79 Å². The average Bonchev–Trinajstić information content (AvgIpc) is 3.20. The number of esters is 1. The summed E-state index contributed by atoms with van der Waals surface area (Å²) in [7, 11) is 1.31. The first kappa shape index (κ1) is 15.9. The summed E-state index contributed by atoms with van der Waals surface area (Å²) in [4.78, 5) is 20.5. The van der Waals surface area contributed by atoms with Gasteiger partial charge in [-0.25, -0.2) is 14.8 Å². The van der Waals surface area contributed by atoms with E-state index >= 15 is 0 Å². The molecule has 3 rings (SSSR count). The molecule has 1 N–H and O–H groups in total. The van der Waals surface area contributed by atoms with Crippen LogP contribution >= 0.6 is 34.3 Å². The predicted molar refractivity (Wildman–Crippen MR) is 93.3 cm³/mol. The van der Waals surface area contributed by atoms with Gasteiger partial charge in [-0.3, -0.25) is 0 Å². The van der Waals surface area contributed by atoms with E-state index in [4.69, 9.17) is 11.6 Å². The number of methoxy groups -OCH3 is 1. The van der Waals surface area contributed by atoms with E-state index in [1.807, 2.05) is 35.7 Å². The van der Waals surface area contributed by atoms with Crippen LogP contribution in [-0.2, 0) is 11.3 Å². The summed E-state index contributed by atoms with van der Waals surface area (Å²) in [6.07, 6.45) is 0. The van der Waals surface area contributed by atoms with Crippen molar-refractivity contribution in [3.05, 3.63) is 51.4 Å². The van der Waals surface area contributed by atoms with Crippen molar-refractivity contribution < 1.29 is 9.53 Å². The Morgan fingerprint density at radius 3 is 2.83 bits per heavy atom. The highest BCUT2D eigenvalue weighted by atomic mass is 35.5. The molecule has 3 aromatic rings. The second kappa shape index (κ2) is 7.08. The molecule has 0 saturated heterocycles. The van der Waals surface area contributed by atoms with Gasteiger partial charge in [-0.05, 0) is 0 Å². The van der Waals surface area contributed by atoms with Crippen molar-refractivity contribution in [3.8, 4) is 10.6 Å². The van der Waals surface area contributed by atoms with E-state index in [0.717, 1.165) is 27.6 Å². The highest BCUT2D eigenvalue weighted by molar-refractivity contribution is 7.18. The van der Waals surface area contributed by atoms with Crippen LogP contribution in [0.3, 0.4) is 0 Å². The molecule has 0 unspecified atom stereocenters. The Kier molecular flexibility index (Phi) is 4.90. The van der Waals surface area contributed by atoms with Crippen molar-refractivity contribution in [1.29, 1.82) is 0 Å². The molecular weight excluding hydrogens is 354 g/mol. The molecule has 118 valence electrons. The van der Waals surface area contributed by atoms with Gasteiger partial charge in [-0.1, -0.05) is 53.3 Å². The third-order valence-corrected chi connectivity index (χ3v) is 5.27. The molecule has 0 aliphatic carbocycles. The van der Waals surface area contributed by atoms with Gasteiger partial charge in [0.2, 0.25) is 0 Å². The van der Waals surface area contributed by atoms with Crippen LogP contribution < -0.4 is 5.32 Å². The Hall–Kier alpha value is -1.96. The maximum absolute atomic E-state index is 11.5. The van der Waals surface area contributed by atoms with E-state index in [1.165, 1.54) is 7.11 Å². The molecule has 0 spiro atoms. The van der Waals surface area contributed by atoms with Gasteiger partial charge in [0.05, 0.1) is 19.3 Å². The minimum absolute atomic E-state index is 0.146. The summed E-state index contributed by atoms with van der Waals surface area (Å²) < 4.78 is 4.65. The second-order valence-electron chi connectivity index (χ2n) is 4.49. The SMILES string of the molecule is COC(=O)c1sc(NCc2csc(-c3ccccc3)n2)nc1Cl. The number of thiazole rings is 2. The van der Waals surface area contributed by atoms with Gasteiger partial charge in [0.1, 0.15) is 5.01 Å². The van der Waals surface area contributed by atoms with Gasteiger partial charge >= 0.3 is 5.97 Å². The number of nitrogens with zero attached hydrogens (tertiary/aromatic N) is 2. The molecule has 0 fully saturated rings. The van der Waals surface area contributed by atoms with Gasteiger partial charge in [-0.15, -0.1) is 11.3 Å². The minimum atomic E-state index is -0.486. The lowest BCUT2D eigenvalue weighted by atomic mass is 10.2. The van der Waals surface area contributed by atoms with Crippen LogP contribution in [-0.4, -0.2) is 23.0 Å². The van der Waals surface area contributed by atoms with Crippen LogP contribution in [0.1, 0.15) is 15.4 Å². The first-order chi connectivity index (χ1) is 11.2. The lowest BCUT2D eigenvalue weighted by molar-refractivity contribution is 0.0606. The van der Waals surface area contributed by atoms with Crippen LogP contribution in [0.2, 0.25) is 5.15 Å². The Morgan fingerprint density at radius 1 is 1.30 bits per heavy atom. The second-order valence-corrected chi connectivity index (χ2v) is 6.71. The molecule has 8 heteroatoms. The zero-order valence-corrected chi connectivity index (χ0v) is 14.5. The Morgan fingerprint density at radius 2 is 2.09 bits per heavy atom. The zero-order chi connectivity index (χ0) is 16.2. The van der Waals surface area contributed by atoms with Crippen molar-refractivity contribution in [2.24, 2.45) is 0 Å². The maximum Gasteiger partial charge on any atom is 0.351 e. The summed E-state index contributed by atoms with van der Waals surface area (Å²) in [5, 5.41) is 6.79. The standard InChI is InChI=1S/C15H12ClN3O2S2/c1-21-14(20)11-12(16)19-15(23-11)17-7-10-8-22-13(18-10)9-5-3-2-4-6-9/h2-6,8H,7H2,1H3,(H,17,19). The molecule has 23 heavy (non-hydrogen) atoms. The molecule has 0 aliphatic heterocycles. The Bertz CT molecular complexity index is 817. The number of nitrogens with one attached hydrogen (secondary N) is 1. The quantitative estimate of drug-likeness (QED) is 0.682. The number of halogens is 1. The molecule has 2 heterocycles. The maximum atomic E-state index is 11.5. The fraction of sp³-hybridized carbons (Fsp3) is 0.133. The van der Waals surface area contributed by atoms with Crippen molar-refractivity contribution in [1.82, 2.24) is 9.97 Å².